The van der Waals surface area contributed by atoms with Crippen molar-refractivity contribution in [2.24, 2.45) is 11.8 Å². The standard InChI is InChI=1S/C13H24N2O3/c1-8(2)12(14-10(4)17)13(18)15-6-5-9(3)11(15)7-16/h8-9,11-12,16H,5-7H2,1-4H3,(H,14,17). The van der Waals surface area contributed by atoms with E-state index in [1.807, 2.05) is 20.8 Å². The Morgan fingerprint density at radius 3 is 2.50 bits per heavy atom. The minimum atomic E-state index is -0.498. The highest BCUT2D eigenvalue weighted by molar-refractivity contribution is 5.87. The highest BCUT2D eigenvalue weighted by atomic mass is 16.3. The van der Waals surface area contributed by atoms with Gasteiger partial charge in [-0.2, -0.15) is 0 Å². The molecule has 1 heterocycles. The van der Waals surface area contributed by atoms with E-state index in [1.165, 1.54) is 6.92 Å². The van der Waals surface area contributed by atoms with Crippen molar-refractivity contribution >= 4 is 11.8 Å². The molecule has 0 aromatic heterocycles. The largest absolute Gasteiger partial charge is 0.394 e. The quantitative estimate of drug-likeness (QED) is 0.764. The van der Waals surface area contributed by atoms with Crippen LogP contribution in [0.3, 0.4) is 0 Å². The monoisotopic (exact) mass is 256 g/mol. The lowest BCUT2D eigenvalue weighted by atomic mass is 10.0. The highest BCUT2D eigenvalue weighted by Crippen LogP contribution is 2.25. The van der Waals surface area contributed by atoms with Crippen molar-refractivity contribution in [3.05, 3.63) is 0 Å². The Labute approximate surface area is 109 Å². The Kier molecular flexibility index (Phi) is 5.14. The van der Waals surface area contributed by atoms with Crippen LogP contribution >= 0.6 is 0 Å². The lowest BCUT2D eigenvalue weighted by Crippen LogP contribution is -2.53. The molecule has 3 unspecified atom stereocenters. The molecule has 0 aliphatic carbocycles. The van der Waals surface area contributed by atoms with Gasteiger partial charge in [-0.1, -0.05) is 20.8 Å². The Balaban J connectivity index is 2.80. The molecular weight excluding hydrogens is 232 g/mol. The molecule has 0 aromatic rings. The van der Waals surface area contributed by atoms with Crippen LogP contribution in [0, 0.1) is 11.8 Å². The number of aliphatic hydroxyl groups excluding tert-OH is 1. The number of nitrogens with zero attached hydrogens (tertiary/aromatic N) is 1. The second-order valence-electron chi connectivity index (χ2n) is 5.47. The molecule has 3 atom stereocenters. The fourth-order valence-corrected chi connectivity index (χ4v) is 2.47. The van der Waals surface area contributed by atoms with Gasteiger partial charge >= 0.3 is 0 Å². The first kappa shape index (κ1) is 15.0. The molecule has 0 saturated carbocycles. The van der Waals surface area contributed by atoms with Crippen molar-refractivity contribution in [2.75, 3.05) is 13.2 Å². The third-order valence-electron chi connectivity index (χ3n) is 3.64. The van der Waals surface area contributed by atoms with Crippen molar-refractivity contribution < 1.29 is 14.7 Å². The Bertz CT molecular complexity index is 317. The molecule has 1 rings (SSSR count). The van der Waals surface area contributed by atoms with Crippen molar-refractivity contribution in [2.45, 2.75) is 46.2 Å². The number of nitrogens with one attached hydrogen (secondary N) is 1. The number of rotatable bonds is 4. The summed E-state index contributed by atoms with van der Waals surface area (Å²) >= 11 is 0. The Hall–Kier alpha value is -1.10. The maximum absolute atomic E-state index is 12.4. The van der Waals surface area contributed by atoms with Crippen molar-refractivity contribution in [3.8, 4) is 0 Å². The van der Waals surface area contributed by atoms with E-state index >= 15 is 0 Å². The minimum absolute atomic E-state index is 0.0161. The SMILES string of the molecule is CC(=O)NC(C(=O)N1CCC(C)C1CO)C(C)C. The van der Waals surface area contributed by atoms with Gasteiger partial charge in [0, 0.05) is 13.5 Å². The highest BCUT2D eigenvalue weighted by Gasteiger charge is 2.37. The molecule has 0 spiro atoms. The van der Waals surface area contributed by atoms with E-state index < -0.39 is 6.04 Å². The second-order valence-corrected chi connectivity index (χ2v) is 5.47. The summed E-state index contributed by atoms with van der Waals surface area (Å²) in [5.41, 5.74) is 0. The predicted molar refractivity (Wildman–Crippen MR) is 68.8 cm³/mol. The van der Waals surface area contributed by atoms with Gasteiger partial charge in [0.1, 0.15) is 6.04 Å². The number of carbonyl (C=O) groups excluding carboxylic acids is 2. The van der Waals surface area contributed by atoms with Gasteiger partial charge in [-0.25, -0.2) is 0 Å². The van der Waals surface area contributed by atoms with Crippen LogP contribution in [0.2, 0.25) is 0 Å². The average Bonchev–Trinajstić information content (AvgIpc) is 2.65. The van der Waals surface area contributed by atoms with Crippen molar-refractivity contribution in [1.82, 2.24) is 10.2 Å². The average molecular weight is 256 g/mol. The lowest BCUT2D eigenvalue weighted by Gasteiger charge is -2.31. The molecule has 1 saturated heterocycles. The van der Waals surface area contributed by atoms with Crippen LogP contribution in [-0.2, 0) is 9.59 Å². The molecular formula is C13H24N2O3. The van der Waals surface area contributed by atoms with Crippen LogP contribution in [0.15, 0.2) is 0 Å². The summed E-state index contributed by atoms with van der Waals surface area (Å²) in [5, 5.41) is 12.1. The van der Waals surface area contributed by atoms with E-state index in [-0.39, 0.29) is 30.4 Å². The van der Waals surface area contributed by atoms with Gasteiger partial charge in [-0.3, -0.25) is 9.59 Å². The molecule has 5 heteroatoms. The summed E-state index contributed by atoms with van der Waals surface area (Å²) in [4.78, 5) is 25.3. The summed E-state index contributed by atoms with van der Waals surface area (Å²) in [5.74, 6) is 0.0687. The summed E-state index contributed by atoms with van der Waals surface area (Å²) < 4.78 is 0. The first-order valence-electron chi connectivity index (χ1n) is 6.57. The number of amides is 2. The van der Waals surface area contributed by atoms with Gasteiger partial charge in [-0.15, -0.1) is 0 Å². The van der Waals surface area contributed by atoms with E-state index in [9.17, 15) is 14.7 Å². The number of hydrogen-bond acceptors (Lipinski definition) is 3. The van der Waals surface area contributed by atoms with E-state index in [1.54, 1.807) is 4.90 Å². The summed E-state index contributed by atoms with van der Waals surface area (Å²) in [6, 6.07) is -0.616. The van der Waals surface area contributed by atoms with Gasteiger partial charge in [0.2, 0.25) is 11.8 Å². The van der Waals surface area contributed by atoms with E-state index in [0.717, 1.165) is 6.42 Å². The molecule has 0 radical (unpaired) electrons. The fourth-order valence-electron chi connectivity index (χ4n) is 2.47. The van der Waals surface area contributed by atoms with Gasteiger partial charge in [0.05, 0.1) is 12.6 Å². The molecule has 1 fully saturated rings. The number of hydrogen-bond donors (Lipinski definition) is 2. The van der Waals surface area contributed by atoms with Gasteiger partial charge in [0.25, 0.3) is 0 Å². The third kappa shape index (κ3) is 3.22. The first-order valence-corrected chi connectivity index (χ1v) is 6.57. The van der Waals surface area contributed by atoms with Gasteiger partial charge in [0.15, 0.2) is 0 Å². The molecule has 0 aromatic carbocycles. The third-order valence-corrected chi connectivity index (χ3v) is 3.64. The van der Waals surface area contributed by atoms with Gasteiger partial charge < -0.3 is 15.3 Å². The van der Waals surface area contributed by atoms with E-state index in [2.05, 4.69) is 5.32 Å². The maximum atomic E-state index is 12.4. The van der Waals surface area contributed by atoms with Crippen LogP contribution in [-0.4, -0.2) is 47.1 Å². The number of likely N-dealkylation sites (tertiary alicyclic amines) is 1. The molecule has 0 bridgehead atoms. The molecule has 1 aliphatic heterocycles. The Morgan fingerprint density at radius 2 is 2.06 bits per heavy atom. The van der Waals surface area contributed by atoms with E-state index in [4.69, 9.17) is 0 Å². The number of aliphatic hydroxyl groups is 1. The zero-order chi connectivity index (χ0) is 13.9. The van der Waals surface area contributed by atoms with Crippen LogP contribution in [0.25, 0.3) is 0 Å². The summed E-state index contributed by atoms with van der Waals surface area (Å²) in [7, 11) is 0. The molecule has 2 amide bonds. The molecule has 18 heavy (non-hydrogen) atoms. The summed E-state index contributed by atoms with van der Waals surface area (Å²) in [6.45, 7) is 7.92. The maximum Gasteiger partial charge on any atom is 0.245 e. The molecule has 5 nitrogen and oxygen atoms in total. The zero-order valence-corrected chi connectivity index (χ0v) is 11.6. The number of carbonyl (C=O) groups is 2. The van der Waals surface area contributed by atoms with Crippen LogP contribution in [0.1, 0.15) is 34.1 Å². The molecule has 104 valence electrons. The van der Waals surface area contributed by atoms with Crippen molar-refractivity contribution in [1.29, 1.82) is 0 Å². The fraction of sp³-hybridized carbons (Fsp3) is 0.846. The van der Waals surface area contributed by atoms with Gasteiger partial charge in [-0.05, 0) is 18.3 Å². The van der Waals surface area contributed by atoms with Crippen molar-refractivity contribution in [3.63, 3.8) is 0 Å². The lowest BCUT2D eigenvalue weighted by molar-refractivity contribution is -0.139. The minimum Gasteiger partial charge on any atom is -0.394 e. The van der Waals surface area contributed by atoms with E-state index in [0.29, 0.717) is 12.5 Å². The zero-order valence-electron chi connectivity index (χ0n) is 11.6. The molecule has 1 aliphatic rings. The van der Waals surface area contributed by atoms with Crippen LogP contribution in [0.4, 0.5) is 0 Å². The first-order chi connectivity index (χ1) is 8.38. The predicted octanol–water partition coefficient (Wildman–Crippen LogP) is 0.376. The van der Waals surface area contributed by atoms with Crippen LogP contribution < -0.4 is 5.32 Å². The normalized spacial score (nSPS) is 25.3. The Morgan fingerprint density at radius 1 is 1.44 bits per heavy atom. The topological polar surface area (TPSA) is 69.6 Å². The smallest absolute Gasteiger partial charge is 0.245 e. The summed E-state index contributed by atoms with van der Waals surface area (Å²) in [6.07, 6.45) is 0.905. The second kappa shape index (κ2) is 6.18. The molecule has 2 N–H and O–H groups in total. The van der Waals surface area contributed by atoms with Crippen LogP contribution in [0.5, 0.6) is 0 Å².